The summed E-state index contributed by atoms with van der Waals surface area (Å²) in [5.41, 5.74) is 4.58. The van der Waals surface area contributed by atoms with Crippen molar-refractivity contribution in [3.63, 3.8) is 0 Å². The summed E-state index contributed by atoms with van der Waals surface area (Å²) in [7, 11) is 0. The van der Waals surface area contributed by atoms with Gasteiger partial charge in [0, 0.05) is 5.56 Å². The zero-order valence-corrected chi connectivity index (χ0v) is 11.5. The van der Waals surface area contributed by atoms with Crippen LogP contribution >= 0.6 is 0 Å². The normalized spacial score (nSPS) is 17.9. The van der Waals surface area contributed by atoms with Crippen LogP contribution in [-0.4, -0.2) is 12.8 Å². The predicted molar refractivity (Wildman–Crippen MR) is 78.7 cm³/mol. The first-order valence-corrected chi connectivity index (χ1v) is 6.78. The van der Waals surface area contributed by atoms with E-state index >= 15 is 0 Å². The lowest BCUT2D eigenvalue weighted by Gasteiger charge is -2.23. The Bertz CT molecular complexity index is 605. The Labute approximate surface area is 118 Å². The molecule has 0 aliphatic carbocycles. The minimum absolute atomic E-state index is 0.401. The molecule has 102 valence electrons. The minimum Gasteiger partial charge on any atom is -0.358 e. The fraction of sp³-hybridized carbons (Fsp3) is 0.235. The third kappa shape index (κ3) is 2.89. The number of oxime groups is 1. The van der Waals surface area contributed by atoms with E-state index < -0.39 is 6.29 Å². The molecule has 0 fully saturated rings. The standard InChI is InChI=1S/C17H17NO2/c1-13-6-8-14(9-7-13)12-18-20-17-16-5-3-2-4-15(16)10-11-19-17/h2-9,12,17H,10-11H2,1H3/b18-12+. The van der Waals surface area contributed by atoms with Crippen LogP contribution in [0.2, 0.25) is 0 Å². The van der Waals surface area contributed by atoms with Gasteiger partial charge in [-0.25, -0.2) is 0 Å². The Kier molecular flexibility index (Phi) is 3.79. The van der Waals surface area contributed by atoms with Gasteiger partial charge < -0.3 is 9.57 Å². The Morgan fingerprint density at radius 1 is 1.15 bits per heavy atom. The van der Waals surface area contributed by atoms with Gasteiger partial charge in [-0.3, -0.25) is 0 Å². The first-order valence-electron chi connectivity index (χ1n) is 6.78. The van der Waals surface area contributed by atoms with E-state index in [1.54, 1.807) is 6.21 Å². The van der Waals surface area contributed by atoms with E-state index in [4.69, 9.17) is 9.57 Å². The summed E-state index contributed by atoms with van der Waals surface area (Å²) in [5, 5.41) is 4.04. The van der Waals surface area contributed by atoms with E-state index in [9.17, 15) is 0 Å². The molecule has 2 aromatic rings. The van der Waals surface area contributed by atoms with Crippen LogP contribution in [0.4, 0.5) is 0 Å². The van der Waals surface area contributed by atoms with E-state index in [0.717, 1.165) is 17.5 Å². The molecule has 1 aliphatic heterocycles. The second kappa shape index (κ2) is 5.88. The van der Waals surface area contributed by atoms with Gasteiger partial charge in [0.2, 0.25) is 0 Å². The number of aryl methyl sites for hydroxylation is 1. The van der Waals surface area contributed by atoms with Gasteiger partial charge in [0.25, 0.3) is 6.29 Å². The minimum atomic E-state index is -0.401. The molecule has 0 radical (unpaired) electrons. The number of fused-ring (bicyclic) bond motifs is 1. The first-order chi connectivity index (χ1) is 9.83. The molecule has 0 bridgehead atoms. The van der Waals surface area contributed by atoms with Crippen LogP contribution in [0.1, 0.15) is 28.5 Å². The molecular weight excluding hydrogens is 250 g/mol. The lowest BCUT2D eigenvalue weighted by molar-refractivity contribution is -0.152. The van der Waals surface area contributed by atoms with E-state index in [1.807, 2.05) is 42.5 Å². The Balaban J connectivity index is 1.69. The summed E-state index contributed by atoms with van der Waals surface area (Å²) in [5.74, 6) is 0. The Morgan fingerprint density at radius 2 is 1.95 bits per heavy atom. The highest BCUT2D eigenvalue weighted by molar-refractivity contribution is 5.79. The van der Waals surface area contributed by atoms with Crippen LogP contribution in [-0.2, 0) is 16.0 Å². The smallest absolute Gasteiger partial charge is 0.253 e. The topological polar surface area (TPSA) is 30.8 Å². The van der Waals surface area contributed by atoms with Crippen LogP contribution in [0.15, 0.2) is 53.7 Å². The van der Waals surface area contributed by atoms with Crippen LogP contribution < -0.4 is 0 Å². The van der Waals surface area contributed by atoms with Gasteiger partial charge in [-0.15, -0.1) is 0 Å². The largest absolute Gasteiger partial charge is 0.358 e. The van der Waals surface area contributed by atoms with Gasteiger partial charge in [-0.2, -0.15) is 0 Å². The van der Waals surface area contributed by atoms with Crippen molar-refractivity contribution in [1.29, 1.82) is 0 Å². The maximum absolute atomic E-state index is 5.63. The van der Waals surface area contributed by atoms with Gasteiger partial charge in [0.1, 0.15) is 0 Å². The highest BCUT2D eigenvalue weighted by Gasteiger charge is 2.21. The summed E-state index contributed by atoms with van der Waals surface area (Å²) < 4.78 is 5.63. The fourth-order valence-electron chi connectivity index (χ4n) is 2.24. The van der Waals surface area contributed by atoms with E-state index in [2.05, 4.69) is 18.1 Å². The molecule has 20 heavy (non-hydrogen) atoms. The molecule has 3 heteroatoms. The lowest BCUT2D eigenvalue weighted by Crippen LogP contribution is -2.17. The van der Waals surface area contributed by atoms with Gasteiger partial charge in [0.15, 0.2) is 0 Å². The zero-order valence-electron chi connectivity index (χ0n) is 11.5. The van der Waals surface area contributed by atoms with Crippen molar-refractivity contribution < 1.29 is 9.57 Å². The highest BCUT2D eigenvalue weighted by Crippen LogP contribution is 2.27. The average molecular weight is 267 g/mol. The summed E-state index contributed by atoms with van der Waals surface area (Å²) >= 11 is 0. The molecule has 0 amide bonds. The molecular formula is C17H17NO2. The number of benzene rings is 2. The molecule has 0 spiro atoms. The van der Waals surface area contributed by atoms with Crippen molar-refractivity contribution >= 4 is 6.21 Å². The number of hydrogen-bond acceptors (Lipinski definition) is 3. The molecule has 1 unspecified atom stereocenters. The maximum atomic E-state index is 5.63. The number of nitrogens with zero attached hydrogens (tertiary/aromatic N) is 1. The first kappa shape index (κ1) is 12.9. The third-order valence-electron chi connectivity index (χ3n) is 3.39. The van der Waals surface area contributed by atoms with E-state index in [0.29, 0.717) is 6.61 Å². The molecule has 3 rings (SSSR count). The molecule has 0 saturated carbocycles. The lowest BCUT2D eigenvalue weighted by atomic mass is 10.0. The predicted octanol–water partition coefficient (Wildman–Crippen LogP) is 3.62. The molecule has 1 aliphatic rings. The second-order valence-corrected chi connectivity index (χ2v) is 4.90. The van der Waals surface area contributed by atoms with Crippen molar-refractivity contribution in [3.8, 4) is 0 Å². The molecule has 0 saturated heterocycles. The Hall–Kier alpha value is -2.13. The molecule has 1 atom stereocenters. The van der Waals surface area contributed by atoms with Crippen LogP contribution in [0.25, 0.3) is 0 Å². The van der Waals surface area contributed by atoms with Gasteiger partial charge in [-0.1, -0.05) is 59.3 Å². The van der Waals surface area contributed by atoms with E-state index in [-0.39, 0.29) is 0 Å². The van der Waals surface area contributed by atoms with Crippen LogP contribution in [0.3, 0.4) is 0 Å². The zero-order chi connectivity index (χ0) is 13.8. The monoisotopic (exact) mass is 267 g/mol. The molecule has 0 aromatic heterocycles. The van der Waals surface area contributed by atoms with Crippen molar-refractivity contribution in [2.75, 3.05) is 6.61 Å². The molecule has 2 aromatic carbocycles. The Morgan fingerprint density at radius 3 is 2.80 bits per heavy atom. The fourth-order valence-corrected chi connectivity index (χ4v) is 2.24. The molecule has 1 heterocycles. The number of rotatable bonds is 3. The van der Waals surface area contributed by atoms with Crippen molar-refractivity contribution in [2.24, 2.45) is 5.16 Å². The van der Waals surface area contributed by atoms with Crippen molar-refractivity contribution in [1.82, 2.24) is 0 Å². The van der Waals surface area contributed by atoms with Crippen molar-refractivity contribution in [3.05, 3.63) is 70.8 Å². The quantitative estimate of drug-likeness (QED) is 0.628. The number of ether oxygens (including phenoxy) is 1. The van der Waals surface area contributed by atoms with Gasteiger partial charge in [-0.05, 0) is 24.5 Å². The van der Waals surface area contributed by atoms with Crippen LogP contribution in [0, 0.1) is 6.92 Å². The van der Waals surface area contributed by atoms with Crippen LogP contribution in [0.5, 0.6) is 0 Å². The summed E-state index contributed by atoms with van der Waals surface area (Å²) in [6, 6.07) is 16.3. The second-order valence-electron chi connectivity index (χ2n) is 4.90. The van der Waals surface area contributed by atoms with Crippen molar-refractivity contribution in [2.45, 2.75) is 19.6 Å². The summed E-state index contributed by atoms with van der Waals surface area (Å²) in [6.07, 6.45) is 2.24. The van der Waals surface area contributed by atoms with Gasteiger partial charge in [0.05, 0.1) is 12.8 Å². The third-order valence-corrected chi connectivity index (χ3v) is 3.39. The molecule has 0 N–H and O–H groups in total. The van der Waals surface area contributed by atoms with E-state index in [1.165, 1.54) is 11.1 Å². The SMILES string of the molecule is Cc1ccc(/C=N/OC2OCCc3ccccc32)cc1. The maximum Gasteiger partial charge on any atom is 0.253 e. The number of hydrogen-bond donors (Lipinski definition) is 0. The molecule has 3 nitrogen and oxygen atoms in total. The summed E-state index contributed by atoms with van der Waals surface area (Å²) in [6.45, 7) is 2.73. The highest BCUT2D eigenvalue weighted by atomic mass is 16.8. The van der Waals surface area contributed by atoms with Gasteiger partial charge >= 0.3 is 0 Å². The average Bonchev–Trinajstić information content (AvgIpc) is 2.49. The summed E-state index contributed by atoms with van der Waals surface area (Å²) in [4.78, 5) is 5.49.